The van der Waals surface area contributed by atoms with E-state index in [0.29, 0.717) is 0 Å². The Kier molecular flexibility index (Phi) is 3.92. The molecular formula is C9H13N3O4S. The molecule has 0 amide bonds. The lowest BCUT2D eigenvalue weighted by Crippen LogP contribution is -2.38. The van der Waals surface area contributed by atoms with Crippen LogP contribution >= 0.6 is 0 Å². The average molecular weight is 259 g/mol. The molecule has 17 heavy (non-hydrogen) atoms. The van der Waals surface area contributed by atoms with Gasteiger partial charge in [0.1, 0.15) is 0 Å². The third-order valence-electron chi connectivity index (χ3n) is 2.04. The van der Waals surface area contributed by atoms with Gasteiger partial charge in [-0.2, -0.15) is 8.42 Å². The second kappa shape index (κ2) is 5.02. The summed E-state index contributed by atoms with van der Waals surface area (Å²) in [5, 5.41) is 13.6. The normalized spacial score (nSPS) is 11.1. The molecule has 0 aromatic heterocycles. The predicted molar refractivity (Wildman–Crippen MR) is 63.6 cm³/mol. The number of aliphatic carboxylic acids is 1. The van der Waals surface area contributed by atoms with Crippen molar-refractivity contribution >= 4 is 27.6 Å². The fourth-order valence-electron chi connectivity index (χ4n) is 1.30. The zero-order valence-electron chi connectivity index (χ0n) is 8.91. The summed E-state index contributed by atoms with van der Waals surface area (Å²) in [6.45, 7) is -0.262. The van der Waals surface area contributed by atoms with Crippen LogP contribution in [0.3, 0.4) is 0 Å². The van der Waals surface area contributed by atoms with Crippen molar-refractivity contribution in [3.8, 4) is 0 Å². The molecule has 0 heterocycles. The molecule has 0 saturated heterocycles. The summed E-state index contributed by atoms with van der Waals surface area (Å²) >= 11 is 0. The number of carboxylic acid groups (broad SMARTS) is 1. The molecule has 1 rings (SSSR count). The van der Waals surface area contributed by atoms with Crippen molar-refractivity contribution in [3.05, 3.63) is 24.3 Å². The van der Waals surface area contributed by atoms with E-state index in [9.17, 15) is 13.2 Å². The lowest BCUT2D eigenvalue weighted by Gasteiger charge is -2.22. The highest BCUT2D eigenvalue weighted by Gasteiger charge is 2.20. The molecule has 0 fully saturated rings. The molecule has 8 heteroatoms. The molecule has 0 bridgehead atoms. The van der Waals surface area contributed by atoms with Gasteiger partial charge in [0.15, 0.2) is 0 Å². The summed E-state index contributed by atoms with van der Waals surface area (Å²) < 4.78 is 23.5. The summed E-state index contributed by atoms with van der Waals surface area (Å²) in [5.74, 6) is -1.12. The molecule has 0 saturated carbocycles. The van der Waals surface area contributed by atoms with Crippen LogP contribution in [0, 0.1) is 0 Å². The summed E-state index contributed by atoms with van der Waals surface area (Å²) in [6.07, 6.45) is -0.356. The van der Waals surface area contributed by atoms with Gasteiger partial charge in [0.2, 0.25) is 0 Å². The van der Waals surface area contributed by atoms with E-state index in [4.69, 9.17) is 16.0 Å². The fourth-order valence-corrected chi connectivity index (χ4v) is 2.08. The fraction of sp³-hybridized carbons (Fsp3) is 0.222. The van der Waals surface area contributed by atoms with Crippen LogP contribution in [0.1, 0.15) is 6.42 Å². The van der Waals surface area contributed by atoms with E-state index in [1.54, 1.807) is 12.1 Å². The number of carboxylic acids is 1. The van der Waals surface area contributed by atoms with E-state index < -0.39 is 16.2 Å². The van der Waals surface area contributed by atoms with Crippen LogP contribution < -0.4 is 15.2 Å². The highest BCUT2D eigenvalue weighted by atomic mass is 32.2. The number of nitrogen functional groups attached to an aromatic ring is 1. The Labute approximate surface area is 98.8 Å². The number of hydrogen-bond donors (Lipinski definition) is 3. The van der Waals surface area contributed by atoms with Gasteiger partial charge in [-0.25, -0.2) is 5.14 Å². The molecule has 0 aliphatic heterocycles. The van der Waals surface area contributed by atoms with Gasteiger partial charge in [-0.3, -0.25) is 9.10 Å². The maximum atomic E-state index is 11.4. The molecule has 0 spiro atoms. The van der Waals surface area contributed by atoms with Gasteiger partial charge in [-0.1, -0.05) is 12.1 Å². The zero-order chi connectivity index (χ0) is 13.1. The van der Waals surface area contributed by atoms with E-state index in [-0.39, 0.29) is 24.3 Å². The van der Waals surface area contributed by atoms with E-state index in [1.807, 2.05) is 0 Å². The van der Waals surface area contributed by atoms with Crippen LogP contribution in [-0.4, -0.2) is 26.0 Å². The zero-order valence-corrected chi connectivity index (χ0v) is 9.72. The molecule has 94 valence electrons. The Hall–Kier alpha value is -1.80. The Morgan fingerprint density at radius 2 is 1.94 bits per heavy atom. The summed E-state index contributed by atoms with van der Waals surface area (Å²) in [5.41, 5.74) is 6.01. The van der Waals surface area contributed by atoms with Crippen molar-refractivity contribution in [3.63, 3.8) is 0 Å². The van der Waals surface area contributed by atoms with E-state index in [0.717, 1.165) is 4.31 Å². The molecule has 7 nitrogen and oxygen atoms in total. The summed E-state index contributed by atoms with van der Waals surface area (Å²) in [4.78, 5) is 10.5. The average Bonchev–Trinajstić information content (AvgIpc) is 2.18. The first kappa shape index (κ1) is 13.3. The first-order valence-corrected chi connectivity index (χ1v) is 6.19. The molecule has 0 unspecified atom stereocenters. The van der Waals surface area contributed by atoms with Crippen molar-refractivity contribution in [1.29, 1.82) is 0 Å². The van der Waals surface area contributed by atoms with Crippen molar-refractivity contribution < 1.29 is 18.3 Å². The Balaban J connectivity index is 3.08. The van der Waals surface area contributed by atoms with Gasteiger partial charge in [0, 0.05) is 6.54 Å². The highest BCUT2D eigenvalue weighted by Crippen LogP contribution is 2.24. The summed E-state index contributed by atoms with van der Waals surface area (Å²) in [7, 11) is -4.05. The molecule has 0 atom stereocenters. The van der Waals surface area contributed by atoms with Gasteiger partial charge < -0.3 is 10.8 Å². The van der Waals surface area contributed by atoms with E-state index in [2.05, 4.69) is 0 Å². The molecule has 0 radical (unpaired) electrons. The first-order valence-electron chi connectivity index (χ1n) is 4.69. The Morgan fingerprint density at radius 3 is 2.41 bits per heavy atom. The third kappa shape index (κ3) is 3.61. The number of hydrogen-bond acceptors (Lipinski definition) is 4. The van der Waals surface area contributed by atoms with Crippen LogP contribution in [-0.2, 0) is 15.0 Å². The second-order valence-electron chi connectivity index (χ2n) is 3.32. The van der Waals surface area contributed by atoms with Gasteiger partial charge in [-0.05, 0) is 12.1 Å². The number of nitrogens with two attached hydrogens (primary N) is 2. The number of rotatable bonds is 5. The minimum Gasteiger partial charge on any atom is -0.481 e. The maximum absolute atomic E-state index is 11.4. The monoisotopic (exact) mass is 259 g/mol. The Bertz CT molecular complexity index is 515. The maximum Gasteiger partial charge on any atom is 0.305 e. The van der Waals surface area contributed by atoms with Gasteiger partial charge in [0.25, 0.3) is 10.2 Å². The van der Waals surface area contributed by atoms with Crippen molar-refractivity contribution in [2.75, 3.05) is 16.6 Å². The summed E-state index contributed by atoms with van der Waals surface area (Å²) in [6, 6.07) is 6.19. The van der Waals surface area contributed by atoms with Crippen LogP contribution in [0.4, 0.5) is 11.4 Å². The number of para-hydroxylation sites is 2. The Morgan fingerprint density at radius 1 is 1.35 bits per heavy atom. The number of nitrogens with zero attached hydrogens (tertiary/aromatic N) is 1. The van der Waals surface area contributed by atoms with Crippen molar-refractivity contribution in [2.45, 2.75) is 6.42 Å². The molecule has 1 aromatic carbocycles. The number of anilines is 2. The quantitative estimate of drug-likeness (QED) is 0.628. The lowest BCUT2D eigenvalue weighted by molar-refractivity contribution is -0.136. The van der Waals surface area contributed by atoms with Crippen molar-refractivity contribution in [2.24, 2.45) is 5.14 Å². The largest absolute Gasteiger partial charge is 0.481 e. The van der Waals surface area contributed by atoms with Crippen LogP contribution in [0.2, 0.25) is 0 Å². The predicted octanol–water partition coefficient (Wildman–Crippen LogP) is -0.247. The molecule has 5 N–H and O–H groups in total. The lowest BCUT2D eigenvalue weighted by atomic mass is 10.2. The van der Waals surface area contributed by atoms with Crippen LogP contribution in [0.25, 0.3) is 0 Å². The first-order chi connectivity index (χ1) is 7.82. The third-order valence-corrected chi connectivity index (χ3v) is 3.04. The number of benzene rings is 1. The van der Waals surface area contributed by atoms with Gasteiger partial charge in [0.05, 0.1) is 17.8 Å². The highest BCUT2D eigenvalue weighted by molar-refractivity contribution is 7.90. The van der Waals surface area contributed by atoms with E-state index >= 15 is 0 Å². The molecule has 0 aliphatic rings. The van der Waals surface area contributed by atoms with Crippen molar-refractivity contribution in [1.82, 2.24) is 0 Å². The SMILES string of the molecule is Nc1ccccc1N(CCC(=O)O)S(N)(=O)=O. The minimum atomic E-state index is -4.05. The number of carbonyl (C=O) groups is 1. The molecule has 0 aliphatic carbocycles. The smallest absolute Gasteiger partial charge is 0.305 e. The van der Waals surface area contributed by atoms with E-state index in [1.165, 1.54) is 12.1 Å². The topological polar surface area (TPSA) is 127 Å². The van der Waals surface area contributed by atoms with Crippen LogP contribution in [0.15, 0.2) is 24.3 Å². The van der Waals surface area contributed by atoms with Gasteiger partial charge >= 0.3 is 5.97 Å². The van der Waals surface area contributed by atoms with Gasteiger partial charge in [-0.15, -0.1) is 0 Å². The van der Waals surface area contributed by atoms with Crippen LogP contribution in [0.5, 0.6) is 0 Å². The minimum absolute atomic E-state index is 0.177. The molecule has 1 aromatic rings. The molecular weight excluding hydrogens is 246 g/mol. The second-order valence-corrected chi connectivity index (χ2v) is 4.79. The standard InChI is InChI=1S/C9H13N3O4S/c10-7-3-1-2-4-8(7)12(17(11,15)16)6-5-9(13)14/h1-4H,5-6,10H2,(H,13,14)(H2,11,15,16).